The number of aliphatic carboxylic acids is 1. The van der Waals surface area contributed by atoms with Gasteiger partial charge in [0.25, 0.3) is 10.2 Å². The number of nitriles is 1. The van der Waals surface area contributed by atoms with E-state index >= 15 is 0 Å². The summed E-state index contributed by atoms with van der Waals surface area (Å²) < 4.78 is 31.2. The van der Waals surface area contributed by atoms with E-state index in [1.807, 2.05) is 6.07 Å². The SMILES string of the molecule is COCCN(CCC#N)S(=O)(=O)N(C)CCC(=O)O. The first-order valence-corrected chi connectivity index (χ1v) is 7.05. The van der Waals surface area contributed by atoms with Crippen LogP contribution < -0.4 is 0 Å². The first-order valence-electron chi connectivity index (χ1n) is 5.65. The van der Waals surface area contributed by atoms with Crippen molar-refractivity contribution < 1.29 is 23.1 Å². The Balaban J connectivity index is 4.74. The van der Waals surface area contributed by atoms with Gasteiger partial charge in [-0.1, -0.05) is 0 Å². The van der Waals surface area contributed by atoms with Gasteiger partial charge in [0.15, 0.2) is 0 Å². The smallest absolute Gasteiger partial charge is 0.304 e. The van der Waals surface area contributed by atoms with E-state index in [4.69, 9.17) is 15.1 Å². The average molecular weight is 293 g/mol. The first-order chi connectivity index (χ1) is 8.86. The summed E-state index contributed by atoms with van der Waals surface area (Å²) in [5.41, 5.74) is 0. The van der Waals surface area contributed by atoms with E-state index in [0.29, 0.717) is 0 Å². The number of carboxylic acids is 1. The van der Waals surface area contributed by atoms with Crippen molar-refractivity contribution in [3.63, 3.8) is 0 Å². The maximum atomic E-state index is 12.1. The van der Waals surface area contributed by atoms with Gasteiger partial charge < -0.3 is 9.84 Å². The van der Waals surface area contributed by atoms with Gasteiger partial charge in [-0.05, 0) is 0 Å². The van der Waals surface area contributed by atoms with Crippen LogP contribution in [0.5, 0.6) is 0 Å². The molecule has 0 aliphatic heterocycles. The predicted molar refractivity (Wildman–Crippen MR) is 67.5 cm³/mol. The second kappa shape index (κ2) is 8.82. The molecule has 19 heavy (non-hydrogen) atoms. The van der Waals surface area contributed by atoms with Gasteiger partial charge in [0.1, 0.15) is 0 Å². The lowest BCUT2D eigenvalue weighted by Gasteiger charge is -2.26. The standard InChI is InChI=1S/C10H19N3O5S/c1-12(7-4-10(14)15)19(16,17)13(6-3-5-11)8-9-18-2/h3-4,6-9H2,1-2H3,(H,14,15). The molecule has 0 radical (unpaired) electrons. The molecule has 0 unspecified atom stereocenters. The van der Waals surface area contributed by atoms with Gasteiger partial charge >= 0.3 is 5.97 Å². The first kappa shape index (κ1) is 17.8. The number of hydrogen-bond acceptors (Lipinski definition) is 5. The molecule has 0 rings (SSSR count). The topological polar surface area (TPSA) is 111 Å². The summed E-state index contributed by atoms with van der Waals surface area (Å²) in [5.74, 6) is -1.07. The number of carboxylic acid groups (broad SMARTS) is 1. The highest BCUT2D eigenvalue weighted by molar-refractivity contribution is 7.86. The van der Waals surface area contributed by atoms with E-state index < -0.39 is 16.2 Å². The van der Waals surface area contributed by atoms with E-state index in [0.717, 1.165) is 8.61 Å². The minimum Gasteiger partial charge on any atom is -0.481 e. The molecular formula is C10H19N3O5S. The summed E-state index contributed by atoms with van der Waals surface area (Å²) in [6.07, 6.45) is -0.207. The van der Waals surface area contributed by atoms with Crippen LogP contribution in [0.15, 0.2) is 0 Å². The lowest BCUT2D eigenvalue weighted by atomic mass is 10.4. The second-order valence-electron chi connectivity index (χ2n) is 3.77. The van der Waals surface area contributed by atoms with Crippen LogP contribution in [0.2, 0.25) is 0 Å². The molecule has 1 N–H and O–H groups in total. The molecule has 0 aromatic carbocycles. The Kier molecular flexibility index (Phi) is 8.26. The summed E-state index contributed by atoms with van der Waals surface area (Å²) in [7, 11) is -1.01. The molecular weight excluding hydrogens is 274 g/mol. The highest BCUT2D eigenvalue weighted by atomic mass is 32.2. The molecule has 0 heterocycles. The minimum absolute atomic E-state index is 0.0552. The molecule has 0 aromatic rings. The molecule has 0 bridgehead atoms. The summed E-state index contributed by atoms with van der Waals surface area (Å²) in [6, 6.07) is 1.88. The highest BCUT2D eigenvalue weighted by Crippen LogP contribution is 2.08. The van der Waals surface area contributed by atoms with Crippen molar-refractivity contribution in [3.8, 4) is 6.07 Å². The number of rotatable bonds is 10. The van der Waals surface area contributed by atoms with Gasteiger partial charge in [-0.25, -0.2) is 0 Å². The van der Waals surface area contributed by atoms with Crippen molar-refractivity contribution in [1.82, 2.24) is 8.61 Å². The van der Waals surface area contributed by atoms with Crippen molar-refractivity contribution in [2.75, 3.05) is 40.4 Å². The Labute approximate surface area is 113 Å². The Morgan fingerprint density at radius 1 is 1.37 bits per heavy atom. The molecule has 0 aromatic heterocycles. The lowest BCUT2D eigenvalue weighted by molar-refractivity contribution is -0.137. The number of ether oxygens (including phenoxy) is 1. The van der Waals surface area contributed by atoms with Crippen LogP contribution in [0.3, 0.4) is 0 Å². The van der Waals surface area contributed by atoms with Gasteiger partial charge in [0.2, 0.25) is 0 Å². The van der Waals surface area contributed by atoms with E-state index in [2.05, 4.69) is 0 Å². The van der Waals surface area contributed by atoms with E-state index in [1.165, 1.54) is 14.2 Å². The van der Waals surface area contributed by atoms with Gasteiger partial charge in [0.05, 0.1) is 19.1 Å². The summed E-state index contributed by atoms with van der Waals surface area (Å²) in [5, 5.41) is 17.1. The quantitative estimate of drug-likeness (QED) is 0.581. The average Bonchev–Trinajstić information content (AvgIpc) is 2.35. The number of hydrogen-bond donors (Lipinski definition) is 1. The molecule has 9 heteroatoms. The lowest BCUT2D eigenvalue weighted by Crippen LogP contribution is -2.44. The van der Waals surface area contributed by atoms with Crippen LogP contribution in [-0.4, -0.2) is 68.5 Å². The highest BCUT2D eigenvalue weighted by Gasteiger charge is 2.26. The monoisotopic (exact) mass is 293 g/mol. The zero-order valence-corrected chi connectivity index (χ0v) is 11.9. The van der Waals surface area contributed by atoms with Gasteiger partial charge in [0, 0.05) is 40.2 Å². The molecule has 0 spiro atoms. The molecule has 110 valence electrons. The molecule has 0 aliphatic carbocycles. The van der Waals surface area contributed by atoms with Gasteiger partial charge in [-0.15, -0.1) is 0 Å². The fraction of sp³-hybridized carbons (Fsp3) is 0.800. The molecule has 0 saturated carbocycles. The number of nitrogens with zero attached hydrogens (tertiary/aromatic N) is 3. The van der Waals surface area contributed by atoms with E-state index in [1.54, 1.807) is 0 Å². The molecule has 0 fully saturated rings. The number of methoxy groups -OCH3 is 1. The third kappa shape index (κ3) is 6.49. The largest absolute Gasteiger partial charge is 0.481 e. The van der Waals surface area contributed by atoms with E-state index in [-0.39, 0.29) is 39.1 Å². The van der Waals surface area contributed by atoms with Gasteiger partial charge in [-0.3, -0.25) is 4.79 Å². The van der Waals surface area contributed by atoms with Crippen LogP contribution in [0.25, 0.3) is 0 Å². The Morgan fingerprint density at radius 2 is 2.00 bits per heavy atom. The molecule has 0 atom stereocenters. The van der Waals surface area contributed by atoms with Crippen LogP contribution >= 0.6 is 0 Å². The summed E-state index contributed by atoms with van der Waals surface area (Å²) >= 11 is 0. The van der Waals surface area contributed by atoms with Crippen molar-refractivity contribution in [3.05, 3.63) is 0 Å². The summed E-state index contributed by atoms with van der Waals surface area (Å²) in [4.78, 5) is 10.4. The van der Waals surface area contributed by atoms with E-state index in [9.17, 15) is 13.2 Å². The van der Waals surface area contributed by atoms with Crippen molar-refractivity contribution in [2.45, 2.75) is 12.8 Å². The third-order valence-electron chi connectivity index (χ3n) is 2.38. The van der Waals surface area contributed by atoms with Crippen molar-refractivity contribution >= 4 is 16.2 Å². The van der Waals surface area contributed by atoms with Crippen LogP contribution in [-0.2, 0) is 19.7 Å². The fourth-order valence-electron chi connectivity index (χ4n) is 1.28. The van der Waals surface area contributed by atoms with Gasteiger partial charge in [-0.2, -0.15) is 22.3 Å². The fourth-order valence-corrected chi connectivity index (χ4v) is 2.62. The Morgan fingerprint density at radius 3 is 2.47 bits per heavy atom. The maximum absolute atomic E-state index is 12.1. The molecule has 8 nitrogen and oxygen atoms in total. The van der Waals surface area contributed by atoms with Crippen LogP contribution in [0, 0.1) is 11.3 Å². The normalized spacial score (nSPS) is 11.7. The maximum Gasteiger partial charge on any atom is 0.304 e. The third-order valence-corrected chi connectivity index (χ3v) is 4.37. The summed E-state index contributed by atoms with van der Waals surface area (Å²) in [6.45, 7) is 0.267. The number of carbonyl (C=O) groups is 1. The molecule has 0 saturated heterocycles. The molecule has 0 amide bonds. The molecule has 0 aliphatic rings. The van der Waals surface area contributed by atoms with Crippen LogP contribution in [0.1, 0.15) is 12.8 Å². The van der Waals surface area contributed by atoms with Crippen molar-refractivity contribution in [2.24, 2.45) is 0 Å². The van der Waals surface area contributed by atoms with Crippen LogP contribution in [0.4, 0.5) is 0 Å². The second-order valence-corrected chi connectivity index (χ2v) is 5.81. The van der Waals surface area contributed by atoms with Crippen molar-refractivity contribution in [1.29, 1.82) is 5.26 Å². The zero-order valence-electron chi connectivity index (χ0n) is 11.1. The minimum atomic E-state index is -3.77. The zero-order chi connectivity index (χ0) is 14.9. The Bertz CT molecular complexity index is 417. The predicted octanol–water partition coefficient (Wildman–Crippen LogP) is -0.500. The Hall–Kier alpha value is -1.21.